The lowest BCUT2D eigenvalue weighted by atomic mass is 9.90. The van der Waals surface area contributed by atoms with Gasteiger partial charge < -0.3 is 10.2 Å². The van der Waals surface area contributed by atoms with Gasteiger partial charge in [0.15, 0.2) is 5.78 Å². The van der Waals surface area contributed by atoms with Crippen LogP contribution >= 0.6 is 0 Å². The number of piperazine rings is 1. The van der Waals surface area contributed by atoms with Crippen molar-refractivity contribution in [3.63, 3.8) is 0 Å². The molecule has 4 rings (SSSR count). The van der Waals surface area contributed by atoms with Crippen LogP contribution in [0.5, 0.6) is 0 Å². The summed E-state index contributed by atoms with van der Waals surface area (Å²) in [6.07, 6.45) is 7.43. The normalized spacial score (nSPS) is 15.4. The molecule has 0 aliphatic carbocycles. The number of anilines is 2. The Balaban J connectivity index is 1.57. The number of nitrogens with one attached hydrogen (secondary N) is 1. The van der Waals surface area contributed by atoms with Crippen LogP contribution in [-0.4, -0.2) is 64.3 Å². The van der Waals surface area contributed by atoms with Gasteiger partial charge in [0.1, 0.15) is 12.1 Å². The van der Waals surface area contributed by atoms with Crippen LogP contribution in [-0.2, 0) is 11.2 Å². The van der Waals surface area contributed by atoms with Crippen molar-refractivity contribution in [2.45, 2.75) is 25.8 Å². The van der Waals surface area contributed by atoms with E-state index in [0.29, 0.717) is 12.2 Å². The average Bonchev–Trinajstić information content (AvgIpc) is 2.80. The van der Waals surface area contributed by atoms with E-state index in [1.165, 1.54) is 6.33 Å². The molecule has 1 saturated heterocycles. The molecular weight excluding hydrogens is 398 g/mol. The van der Waals surface area contributed by atoms with E-state index in [0.717, 1.165) is 53.9 Å². The Hall–Kier alpha value is -3.27. The van der Waals surface area contributed by atoms with Crippen LogP contribution in [0.1, 0.15) is 25.0 Å². The van der Waals surface area contributed by atoms with E-state index in [1.807, 2.05) is 56.3 Å². The summed E-state index contributed by atoms with van der Waals surface area (Å²) in [5, 5.41) is 4.22. The number of terminal acetylenes is 1. The second kappa shape index (κ2) is 9.07. The van der Waals surface area contributed by atoms with Gasteiger partial charge in [-0.1, -0.05) is 18.1 Å². The second-order valence-corrected chi connectivity index (χ2v) is 8.87. The molecule has 2 heterocycles. The molecule has 1 aromatic heterocycles. The Morgan fingerprint density at radius 2 is 1.91 bits per heavy atom. The SMILES string of the molecule is C#Cc1cccc(Nc2ncnc3ccc(CC(=O)C(C)(C)N4CCN(C)CC4)cc23)c1. The standard InChI is InChI=1S/C26H29N5O/c1-5-19-7-6-8-21(15-19)29-25-22-16-20(9-10-23(22)27-18-28-25)17-24(32)26(2,3)31-13-11-30(4)12-14-31/h1,6-10,15-16,18H,11-14,17H2,2-4H3,(H,27,28,29). The number of fused-ring (bicyclic) bond motifs is 1. The maximum Gasteiger partial charge on any atom is 0.156 e. The molecule has 0 saturated carbocycles. The summed E-state index contributed by atoms with van der Waals surface area (Å²) in [5.74, 6) is 3.56. The third-order valence-electron chi connectivity index (χ3n) is 6.33. The molecule has 2 aromatic carbocycles. The van der Waals surface area contributed by atoms with Crippen LogP contribution in [0.3, 0.4) is 0 Å². The van der Waals surface area contributed by atoms with Crippen LogP contribution in [0.2, 0.25) is 0 Å². The maximum atomic E-state index is 13.3. The van der Waals surface area contributed by atoms with E-state index in [4.69, 9.17) is 6.42 Å². The Labute approximate surface area is 189 Å². The Morgan fingerprint density at radius 3 is 2.66 bits per heavy atom. The molecule has 164 valence electrons. The number of aromatic nitrogens is 2. The fourth-order valence-corrected chi connectivity index (χ4v) is 4.08. The second-order valence-electron chi connectivity index (χ2n) is 8.87. The summed E-state index contributed by atoms with van der Waals surface area (Å²) in [4.78, 5) is 26.7. The highest BCUT2D eigenvalue weighted by atomic mass is 16.1. The van der Waals surface area contributed by atoms with Crippen molar-refractivity contribution in [1.29, 1.82) is 0 Å². The summed E-state index contributed by atoms with van der Waals surface area (Å²) in [7, 11) is 2.12. The van der Waals surface area contributed by atoms with Crippen LogP contribution < -0.4 is 5.32 Å². The van der Waals surface area contributed by atoms with E-state index in [2.05, 4.69) is 38.1 Å². The lowest BCUT2D eigenvalue weighted by Gasteiger charge is -2.42. The summed E-state index contributed by atoms with van der Waals surface area (Å²) >= 11 is 0. The zero-order valence-corrected chi connectivity index (χ0v) is 18.9. The maximum absolute atomic E-state index is 13.3. The minimum Gasteiger partial charge on any atom is -0.340 e. The van der Waals surface area contributed by atoms with Crippen molar-refractivity contribution < 1.29 is 4.79 Å². The van der Waals surface area contributed by atoms with Gasteiger partial charge in [-0.2, -0.15) is 0 Å². The van der Waals surface area contributed by atoms with Gasteiger partial charge in [-0.25, -0.2) is 9.97 Å². The molecular formula is C26H29N5O. The average molecular weight is 428 g/mol. The largest absolute Gasteiger partial charge is 0.340 e. The minimum atomic E-state index is -0.500. The molecule has 6 nitrogen and oxygen atoms in total. The van der Waals surface area contributed by atoms with Gasteiger partial charge in [0.2, 0.25) is 0 Å². The molecule has 0 radical (unpaired) electrons. The number of rotatable bonds is 6. The van der Waals surface area contributed by atoms with Crippen molar-refractivity contribution in [2.24, 2.45) is 0 Å². The van der Waals surface area contributed by atoms with Gasteiger partial charge in [-0.05, 0) is 56.8 Å². The number of carbonyl (C=O) groups is 1. The van der Waals surface area contributed by atoms with Gasteiger partial charge in [0.05, 0.1) is 11.1 Å². The fraction of sp³-hybridized carbons (Fsp3) is 0.346. The third-order valence-corrected chi connectivity index (χ3v) is 6.33. The molecule has 0 atom stereocenters. The quantitative estimate of drug-likeness (QED) is 0.608. The molecule has 1 fully saturated rings. The van der Waals surface area contributed by atoms with Crippen molar-refractivity contribution in [2.75, 3.05) is 38.5 Å². The number of nitrogens with zero attached hydrogens (tertiary/aromatic N) is 4. The Kier molecular flexibility index (Phi) is 6.22. The van der Waals surface area contributed by atoms with Crippen LogP contribution in [0.15, 0.2) is 48.8 Å². The van der Waals surface area contributed by atoms with Gasteiger partial charge in [0.25, 0.3) is 0 Å². The van der Waals surface area contributed by atoms with Crippen molar-refractivity contribution in [3.05, 3.63) is 59.9 Å². The van der Waals surface area contributed by atoms with E-state index in [9.17, 15) is 4.79 Å². The van der Waals surface area contributed by atoms with Crippen LogP contribution in [0.25, 0.3) is 10.9 Å². The summed E-state index contributed by atoms with van der Waals surface area (Å²) in [5.41, 5.74) is 2.94. The molecule has 1 N–H and O–H groups in total. The topological polar surface area (TPSA) is 61.4 Å². The van der Waals surface area contributed by atoms with E-state index >= 15 is 0 Å². The third kappa shape index (κ3) is 4.64. The van der Waals surface area contributed by atoms with Gasteiger partial charge in [-0.15, -0.1) is 6.42 Å². The molecule has 0 amide bonds. The highest BCUT2D eigenvalue weighted by Gasteiger charge is 2.35. The highest BCUT2D eigenvalue weighted by molar-refractivity contribution is 5.94. The number of Topliss-reactive ketones (excluding diaryl/α,β-unsaturated/α-hetero) is 1. The highest BCUT2D eigenvalue weighted by Crippen LogP contribution is 2.26. The first-order chi connectivity index (χ1) is 15.4. The molecule has 0 bridgehead atoms. The Bertz CT molecular complexity index is 1170. The van der Waals surface area contributed by atoms with Crippen LogP contribution in [0.4, 0.5) is 11.5 Å². The molecule has 32 heavy (non-hydrogen) atoms. The first kappa shape index (κ1) is 21.9. The minimum absolute atomic E-state index is 0.217. The summed E-state index contributed by atoms with van der Waals surface area (Å²) < 4.78 is 0. The first-order valence-corrected chi connectivity index (χ1v) is 10.9. The zero-order chi connectivity index (χ0) is 22.7. The van der Waals surface area contributed by atoms with E-state index in [-0.39, 0.29) is 5.78 Å². The molecule has 0 spiro atoms. The van der Waals surface area contributed by atoms with Crippen LogP contribution in [0, 0.1) is 12.3 Å². The van der Waals surface area contributed by atoms with Crippen molar-refractivity contribution >= 4 is 28.2 Å². The molecule has 0 unspecified atom stereocenters. The zero-order valence-electron chi connectivity index (χ0n) is 18.9. The number of likely N-dealkylation sites (N-methyl/N-ethyl adjacent to an activating group) is 1. The number of hydrogen-bond acceptors (Lipinski definition) is 6. The van der Waals surface area contributed by atoms with E-state index in [1.54, 1.807) is 0 Å². The fourth-order valence-electron chi connectivity index (χ4n) is 4.08. The molecule has 3 aromatic rings. The van der Waals surface area contributed by atoms with Gasteiger partial charge in [0, 0.05) is 49.2 Å². The predicted molar refractivity (Wildman–Crippen MR) is 129 cm³/mol. The molecule has 1 aliphatic heterocycles. The molecule has 6 heteroatoms. The number of carbonyl (C=O) groups excluding carboxylic acids is 1. The summed E-state index contributed by atoms with van der Waals surface area (Å²) in [6.45, 7) is 7.86. The predicted octanol–water partition coefficient (Wildman–Crippen LogP) is 3.49. The van der Waals surface area contributed by atoms with Crippen molar-refractivity contribution in [3.8, 4) is 12.3 Å². The Morgan fingerprint density at radius 1 is 1.12 bits per heavy atom. The van der Waals surface area contributed by atoms with Crippen molar-refractivity contribution in [1.82, 2.24) is 19.8 Å². The van der Waals surface area contributed by atoms with Gasteiger partial charge in [-0.3, -0.25) is 9.69 Å². The first-order valence-electron chi connectivity index (χ1n) is 10.9. The lowest BCUT2D eigenvalue weighted by Crippen LogP contribution is -2.57. The summed E-state index contributed by atoms with van der Waals surface area (Å²) in [6, 6.07) is 13.6. The number of hydrogen-bond donors (Lipinski definition) is 1. The number of ketones is 1. The molecule has 1 aliphatic rings. The number of benzene rings is 2. The monoisotopic (exact) mass is 427 g/mol. The smallest absolute Gasteiger partial charge is 0.156 e. The van der Waals surface area contributed by atoms with E-state index < -0.39 is 5.54 Å². The lowest BCUT2D eigenvalue weighted by molar-refractivity contribution is -0.129. The van der Waals surface area contributed by atoms with Gasteiger partial charge >= 0.3 is 0 Å².